The van der Waals surface area contributed by atoms with E-state index < -0.39 is 11.8 Å². The van der Waals surface area contributed by atoms with Crippen molar-refractivity contribution in [1.29, 1.82) is 0 Å². The van der Waals surface area contributed by atoms with Crippen LogP contribution in [0.15, 0.2) is 24.3 Å². The molecule has 2 rings (SSSR count). The Labute approximate surface area is 85.1 Å². The molecule has 0 aliphatic heterocycles. The highest BCUT2D eigenvalue weighted by Crippen LogP contribution is 2.16. The molecule has 1 aromatic heterocycles. The zero-order valence-corrected chi connectivity index (χ0v) is 7.78. The van der Waals surface area contributed by atoms with Crippen LogP contribution < -0.4 is 11.5 Å². The van der Waals surface area contributed by atoms with Crippen molar-refractivity contribution in [3.8, 4) is 0 Å². The molecular weight excluding hydrogens is 194 g/mol. The lowest BCUT2D eigenvalue weighted by atomic mass is 10.1. The highest BCUT2D eigenvalue weighted by molar-refractivity contribution is 6.00. The van der Waals surface area contributed by atoms with Crippen molar-refractivity contribution in [3.05, 3.63) is 35.5 Å². The number of aromatic amines is 1. The zero-order valence-electron chi connectivity index (χ0n) is 7.78. The van der Waals surface area contributed by atoms with Crippen LogP contribution in [0.5, 0.6) is 0 Å². The normalized spacial score (nSPS) is 10.4. The number of hydrogen-bond donors (Lipinski definition) is 3. The first-order chi connectivity index (χ1) is 7.08. The summed E-state index contributed by atoms with van der Waals surface area (Å²) in [4.78, 5) is 24.6. The summed E-state index contributed by atoms with van der Waals surface area (Å²) >= 11 is 0. The molecule has 0 saturated carbocycles. The van der Waals surface area contributed by atoms with E-state index in [0.29, 0.717) is 11.3 Å². The number of primary amides is 2. The van der Waals surface area contributed by atoms with E-state index >= 15 is 0 Å². The molecule has 5 nitrogen and oxygen atoms in total. The minimum Gasteiger partial charge on any atom is -0.366 e. The highest BCUT2D eigenvalue weighted by atomic mass is 16.1. The second-order valence-corrected chi connectivity index (χ2v) is 3.21. The summed E-state index contributed by atoms with van der Waals surface area (Å²) in [7, 11) is 0. The summed E-state index contributed by atoms with van der Waals surface area (Å²) in [6.45, 7) is 0. The summed E-state index contributed by atoms with van der Waals surface area (Å²) in [5.41, 5.74) is 11.7. The van der Waals surface area contributed by atoms with E-state index in [4.69, 9.17) is 11.5 Å². The number of benzene rings is 1. The van der Waals surface area contributed by atoms with Gasteiger partial charge in [-0.3, -0.25) is 9.59 Å². The van der Waals surface area contributed by atoms with E-state index in [1.54, 1.807) is 24.3 Å². The van der Waals surface area contributed by atoms with Gasteiger partial charge in [-0.15, -0.1) is 0 Å². The smallest absolute Gasteiger partial charge is 0.265 e. The average molecular weight is 203 g/mol. The molecule has 1 heterocycles. The second kappa shape index (κ2) is 3.13. The third-order valence-corrected chi connectivity index (χ3v) is 2.17. The van der Waals surface area contributed by atoms with Crippen LogP contribution in [0, 0.1) is 0 Å². The number of nitrogens with one attached hydrogen (secondary N) is 1. The predicted molar refractivity (Wildman–Crippen MR) is 55.3 cm³/mol. The number of H-pyrrole nitrogens is 1. The zero-order chi connectivity index (χ0) is 11.0. The number of fused-ring (bicyclic) bond motifs is 1. The van der Waals surface area contributed by atoms with Gasteiger partial charge in [-0.2, -0.15) is 0 Å². The summed E-state index contributed by atoms with van der Waals surface area (Å²) in [5, 5.41) is 0.736. The van der Waals surface area contributed by atoms with Crippen LogP contribution in [-0.4, -0.2) is 16.8 Å². The first-order valence-corrected chi connectivity index (χ1v) is 4.30. The van der Waals surface area contributed by atoms with Crippen molar-refractivity contribution in [3.63, 3.8) is 0 Å². The van der Waals surface area contributed by atoms with E-state index in [2.05, 4.69) is 4.98 Å². The van der Waals surface area contributed by atoms with Crippen molar-refractivity contribution in [2.75, 3.05) is 0 Å². The topological polar surface area (TPSA) is 102 Å². The Kier molecular flexibility index (Phi) is 1.93. The van der Waals surface area contributed by atoms with Gasteiger partial charge in [0.15, 0.2) is 0 Å². The first kappa shape index (κ1) is 9.26. The molecule has 2 amide bonds. The summed E-state index contributed by atoms with van der Waals surface area (Å²) < 4.78 is 0. The molecule has 0 atom stereocenters. The number of carbonyl (C=O) groups excluding carboxylic acids is 2. The fraction of sp³-hybridized carbons (Fsp3) is 0. The van der Waals surface area contributed by atoms with Gasteiger partial charge >= 0.3 is 0 Å². The molecule has 0 saturated heterocycles. The number of carbonyl (C=O) groups is 2. The number of hydrogen-bond acceptors (Lipinski definition) is 2. The monoisotopic (exact) mass is 203 g/mol. The number of rotatable bonds is 2. The molecular formula is C10H9N3O2. The number of amides is 2. The van der Waals surface area contributed by atoms with Crippen LogP contribution in [0.25, 0.3) is 10.9 Å². The molecule has 1 aromatic carbocycles. The SMILES string of the molecule is NC(=O)c1ccc2[nH]c(C(N)=O)cc2c1. The van der Waals surface area contributed by atoms with Crippen LogP contribution in [0.3, 0.4) is 0 Å². The maximum Gasteiger partial charge on any atom is 0.265 e. The van der Waals surface area contributed by atoms with Crippen LogP contribution in [0.4, 0.5) is 0 Å². The standard InChI is InChI=1S/C10H9N3O2/c11-9(14)5-1-2-7-6(3-5)4-8(13-7)10(12)15/h1-4,13H,(H2,11,14)(H2,12,15). The third kappa shape index (κ3) is 1.54. The lowest BCUT2D eigenvalue weighted by Crippen LogP contribution is -2.10. The van der Waals surface area contributed by atoms with Gasteiger partial charge < -0.3 is 16.5 Å². The molecule has 15 heavy (non-hydrogen) atoms. The predicted octanol–water partition coefficient (Wildman–Crippen LogP) is 0.366. The molecule has 5 N–H and O–H groups in total. The van der Waals surface area contributed by atoms with Crippen molar-refractivity contribution < 1.29 is 9.59 Å². The van der Waals surface area contributed by atoms with Gasteiger partial charge in [0.25, 0.3) is 5.91 Å². The summed E-state index contributed by atoms with van der Waals surface area (Å²) in [6.07, 6.45) is 0. The molecule has 0 radical (unpaired) electrons. The van der Waals surface area contributed by atoms with Gasteiger partial charge in [0, 0.05) is 16.5 Å². The van der Waals surface area contributed by atoms with Gasteiger partial charge in [0.1, 0.15) is 5.69 Å². The average Bonchev–Trinajstić information content (AvgIpc) is 2.59. The van der Waals surface area contributed by atoms with E-state index in [-0.39, 0.29) is 0 Å². The van der Waals surface area contributed by atoms with E-state index in [1.165, 1.54) is 0 Å². The molecule has 0 bridgehead atoms. The van der Waals surface area contributed by atoms with Crippen molar-refractivity contribution in [2.45, 2.75) is 0 Å². The molecule has 0 aliphatic carbocycles. The number of nitrogens with two attached hydrogens (primary N) is 2. The first-order valence-electron chi connectivity index (χ1n) is 4.30. The number of aromatic nitrogens is 1. The fourth-order valence-electron chi connectivity index (χ4n) is 1.42. The minimum absolute atomic E-state index is 0.312. The fourth-order valence-corrected chi connectivity index (χ4v) is 1.42. The molecule has 76 valence electrons. The van der Waals surface area contributed by atoms with Crippen LogP contribution in [0.2, 0.25) is 0 Å². The largest absolute Gasteiger partial charge is 0.366 e. The van der Waals surface area contributed by atoms with E-state index in [1.807, 2.05) is 0 Å². The lowest BCUT2D eigenvalue weighted by molar-refractivity contribution is 0.0990. The second-order valence-electron chi connectivity index (χ2n) is 3.21. The minimum atomic E-state index is -0.535. The van der Waals surface area contributed by atoms with Crippen molar-refractivity contribution >= 4 is 22.7 Å². The Morgan fingerprint density at radius 2 is 1.80 bits per heavy atom. The Morgan fingerprint density at radius 1 is 1.07 bits per heavy atom. The van der Waals surface area contributed by atoms with Crippen LogP contribution in [-0.2, 0) is 0 Å². The van der Waals surface area contributed by atoms with Gasteiger partial charge in [-0.05, 0) is 24.3 Å². The van der Waals surface area contributed by atoms with Gasteiger partial charge in [0.05, 0.1) is 0 Å². The van der Waals surface area contributed by atoms with Crippen molar-refractivity contribution in [2.24, 2.45) is 11.5 Å². The highest BCUT2D eigenvalue weighted by Gasteiger charge is 2.07. The maximum absolute atomic E-state index is 10.9. The summed E-state index contributed by atoms with van der Waals surface area (Å²) in [6, 6.07) is 6.47. The maximum atomic E-state index is 10.9. The van der Waals surface area contributed by atoms with Gasteiger partial charge in [0.2, 0.25) is 5.91 Å². The van der Waals surface area contributed by atoms with Crippen molar-refractivity contribution in [1.82, 2.24) is 4.98 Å². The van der Waals surface area contributed by atoms with E-state index in [9.17, 15) is 9.59 Å². The van der Waals surface area contributed by atoms with Gasteiger partial charge in [-0.25, -0.2) is 0 Å². The summed E-state index contributed by atoms with van der Waals surface area (Å²) in [5.74, 6) is -1.04. The van der Waals surface area contributed by atoms with E-state index in [0.717, 1.165) is 10.9 Å². The van der Waals surface area contributed by atoms with Crippen LogP contribution >= 0.6 is 0 Å². The quantitative estimate of drug-likeness (QED) is 0.656. The molecule has 2 aromatic rings. The molecule has 0 fully saturated rings. The molecule has 0 spiro atoms. The molecule has 0 aliphatic rings. The Balaban J connectivity index is 2.62. The molecule has 5 heteroatoms. The Bertz CT molecular complexity index is 545. The van der Waals surface area contributed by atoms with Crippen LogP contribution in [0.1, 0.15) is 20.8 Å². The third-order valence-electron chi connectivity index (χ3n) is 2.17. The lowest BCUT2D eigenvalue weighted by Gasteiger charge is -1.94. The Morgan fingerprint density at radius 3 is 2.40 bits per heavy atom. The molecule has 0 unspecified atom stereocenters. The van der Waals surface area contributed by atoms with Gasteiger partial charge in [-0.1, -0.05) is 0 Å². The Hall–Kier alpha value is -2.30.